The van der Waals surface area contributed by atoms with Crippen molar-refractivity contribution in [1.29, 1.82) is 0 Å². The van der Waals surface area contributed by atoms with Gasteiger partial charge in [-0.1, -0.05) is 42.5 Å². The summed E-state index contributed by atoms with van der Waals surface area (Å²) >= 11 is 0. The van der Waals surface area contributed by atoms with E-state index in [0.717, 1.165) is 18.5 Å². The van der Waals surface area contributed by atoms with Crippen LogP contribution < -0.4 is 5.73 Å². The van der Waals surface area contributed by atoms with Crippen LogP contribution in [0.15, 0.2) is 48.5 Å². The molecule has 146 valence electrons. The number of rotatable bonds is 7. The van der Waals surface area contributed by atoms with Gasteiger partial charge in [-0.25, -0.2) is 0 Å². The number of nitrogens with two attached hydrogens (primary N) is 1. The molecule has 2 aliphatic rings. The summed E-state index contributed by atoms with van der Waals surface area (Å²) in [5.41, 5.74) is 9.59. The molecule has 0 spiro atoms. The molecule has 2 amide bonds. The van der Waals surface area contributed by atoms with Crippen molar-refractivity contribution in [3.63, 3.8) is 0 Å². The Morgan fingerprint density at radius 1 is 1.18 bits per heavy atom. The first-order valence-electron chi connectivity index (χ1n) is 9.85. The van der Waals surface area contributed by atoms with Crippen LogP contribution in [-0.4, -0.2) is 42.3 Å². The smallest absolute Gasteiger partial charge is 0.255 e. The molecule has 5 nitrogen and oxygen atoms in total. The highest BCUT2D eigenvalue weighted by atomic mass is 16.2. The number of primary amides is 1. The molecular weight excluding hydrogens is 350 g/mol. The van der Waals surface area contributed by atoms with E-state index >= 15 is 0 Å². The number of carbonyl (C=O) groups is 2. The minimum absolute atomic E-state index is 0.126. The fourth-order valence-corrected chi connectivity index (χ4v) is 4.31. The standard InChI is InChI=1S/C23H27N3O2/c1-25(2)13-12-23(10-11-23)17-7-5-6-16(14-17)15-26-20(21(24)27)18-8-3-4-9-19(18)22(26)28/h3-9,14,20H,10-13,15H2,1-2H3,(H2,24,27). The van der Waals surface area contributed by atoms with Gasteiger partial charge in [0.15, 0.2) is 0 Å². The lowest BCUT2D eigenvalue weighted by Crippen LogP contribution is -2.35. The van der Waals surface area contributed by atoms with Gasteiger partial charge < -0.3 is 15.5 Å². The van der Waals surface area contributed by atoms with E-state index in [1.165, 1.54) is 18.4 Å². The molecular formula is C23H27N3O2. The molecule has 2 aromatic carbocycles. The van der Waals surface area contributed by atoms with Gasteiger partial charge in [0.25, 0.3) is 5.91 Å². The third kappa shape index (κ3) is 3.31. The molecule has 1 unspecified atom stereocenters. The van der Waals surface area contributed by atoms with Crippen molar-refractivity contribution in [2.24, 2.45) is 5.73 Å². The molecule has 1 heterocycles. The summed E-state index contributed by atoms with van der Waals surface area (Å²) < 4.78 is 0. The van der Waals surface area contributed by atoms with Crippen molar-refractivity contribution in [3.05, 3.63) is 70.8 Å². The Labute approximate surface area is 166 Å². The molecule has 2 N–H and O–H groups in total. The van der Waals surface area contributed by atoms with E-state index in [9.17, 15) is 9.59 Å². The Kier molecular flexibility index (Phi) is 4.71. The van der Waals surface area contributed by atoms with Gasteiger partial charge in [-0.3, -0.25) is 9.59 Å². The Balaban J connectivity index is 1.58. The van der Waals surface area contributed by atoms with Crippen molar-refractivity contribution >= 4 is 11.8 Å². The Bertz CT molecular complexity index is 918. The molecule has 1 saturated carbocycles. The van der Waals surface area contributed by atoms with Crippen LogP contribution in [0, 0.1) is 0 Å². The summed E-state index contributed by atoms with van der Waals surface area (Å²) in [6.07, 6.45) is 3.56. The molecule has 1 aliphatic heterocycles. The van der Waals surface area contributed by atoms with E-state index < -0.39 is 11.9 Å². The Morgan fingerprint density at radius 3 is 2.61 bits per heavy atom. The van der Waals surface area contributed by atoms with E-state index in [1.807, 2.05) is 24.3 Å². The lowest BCUT2D eigenvalue weighted by atomic mass is 9.91. The van der Waals surface area contributed by atoms with E-state index in [0.29, 0.717) is 17.7 Å². The van der Waals surface area contributed by atoms with Crippen molar-refractivity contribution in [2.45, 2.75) is 37.3 Å². The van der Waals surface area contributed by atoms with Gasteiger partial charge in [0.2, 0.25) is 5.91 Å². The first-order valence-corrected chi connectivity index (χ1v) is 9.85. The van der Waals surface area contributed by atoms with Crippen LogP contribution in [0.25, 0.3) is 0 Å². The van der Waals surface area contributed by atoms with Crippen molar-refractivity contribution in [2.75, 3.05) is 20.6 Å². The maximum Gasteiger partial charge on any atom is 0.255 e. The lowest BCUT2D eigenvalue weighted by molar-refractivity contribution is -0.122. The van der Waals surface area contributed by atoms with Crippen LogP contribution in [0.1, 0.15) is 52.4 Å². The molecule has 1 fully saturated rings. The minimum Gasteiger partial charge on any atom is -0.368 e. The number of fused-ring (bicyclic) bond motifs is 1. The zero-order valence-electron chi connectivity index (χ0n) is 16.5. The summed E-state index contributed by atoms with van der Waals surface area (Å²) in [7, 11) is 4.21. The number of nitrogens with zero attached hydrogens (tertiary/aromatic N) is 2. The second-order valence-electron chi connectivity index (χ2n) is 8.36. The molecule has 0 aromatic heterocycles. The lowest BCUT2D eigenvalue weighted by Gasteiger charge is -2.24. The highest BCUT2D eigenvalue weighted by Crippen LogP contribution is 2.51. The van der Waals surface area contributed by atoms with E-state index in [1.54, 1.807) is 11.0 Å². The summed E-state index contributed by atoms with van der Waals surface area (Å²) in [5.74, 6) is -0.613. The van der Waals surface area contributed by atoms with Crippen LogP contribution in [-0.2, 0) is 16.8 Å². The molecule has 4 rings (SSSR count). The fourth-order valence-electron chi connectivity index (χ4n) is 4.31. The number of benzene rings is 2. The predicted octanol–water partition coefficient (Wildman–Crippen LogP) is 2.85. The van der Waals surface area contributed by atoms with Crippen molar-refractivity contribution in [1.82, 2.24) is 9.80 Å². The third-order valence-electron chi connectivity index (χ3n) is 6.11. The first kappa shape index (κ1) is 18.7. The summed E-state index contributed by atoms with van der Waals surface area (Å²) in [4.78, 5) is 28.8. The topological polar surface area (TPSA) is 66.6 Å². The number of carbonyl (C=O) groups excluding carboxylic acids is 2. The van der Waals surface area contributed by atoms with E-state index in [2.05, 4.69) is 37.2 Å². The van der Waals surface area contributed by atoms with E-state index in [4.69, 9.17) is 5.73 Å². The summed E-state index contributed by atoms with van der Waals surface area (Å²) in [6, 6.07) is 15.0. The van der Waals surface area contributed by atoms with Gasteiger partial charge in [-0.2, -0.15) is 0 Å². The largest absolute Gasteiger partial charge is 0.368 e. The average molecular weight is 377 g/mol. The van der Waals surface area contributed by atoms with Gasteiger partial charge >= 0.3 is 0 Å². The zero-order chi connectivity index (χ0) is 19.9. The zero-order valence-corrected chi connectivity index (χ0v) is 16.5. The number of hydrogen-bond donors (Lipinski definition) is 1. The van der Waals surface area contributed by atoms with Crippen LogP contribution in [0.5, 0.6) is 0 Å². The third-order valence-corrected chi connectivity index (χ3v) is 6.11. The van der Waals surface area contributed by atoms with Gasteiger partial charge in [0, 0.05) is 12.1 Å². The molecule has 28 heavy (non-hydrogen) atoms. The number of hydrogen-bond acceptors (Lipinski definition) is 3. The molecule has 0 bridgehead atoms. The van der Waals surface area contributed by atoms with Crippen LogP contribution in [0.4, 0.5) is 0 Å². The average Bonchev–Trinajstić information content (AvgIpc) is 3.42. The molecule has 1 atom stereocenters. The van der Waals surface area contributed by atoms with Crippen LogP contribution in [0.3, 0.4) is 0 Å². The normalized spacial score (nSPS) is 19.8. The van der Waals surface area contributed by atoms with Gasteiger partial charge in [-0.15, -0.1) is 0 Å². The molecule has 5 heteroatoms. The van der Waals surface area contributed by atoms with Crippen LogP contribution in [0.2, 0.25) is 0 Å². The number of amides is 2. The SMILES string of the molecule is CN(C)CCC1(c2cccc(CN3C(=O)c4ccccc4C3C(N)=O)c2)CC1. The minimum atomic E-state index is -0.698. The Hall–Kier alpha value is -2.66. The molecule has 0 radical (unpaired) electrons. The Morgan fingerprint density at radius 2 is 1.93 bits per heavy atom. The molecule has 2 aromatic rings. The summed E-state index contributed by atoms with van der Waals surface area (Å²) in [5, 5.41) is 0. The second kappa shape index (κ2) is 7.06. The maximum atomic E-state index is 12.9. The van der Waals surface area contributed by atoms with E-state index in [-0.39, 0.29) is 11.3 Å². The molecule has 0 saturated heterocycles. The predicted molar refractivity (Wildman–Crippen MR) is 109 cm³/mol. The highest BCUT2D eigenvalue weighted by molar-refractivity contribution is 6.04. The van der Waals surface area contributed by atoms with Crippen molar-refractivity contribution < 1.29 is 9.59 Å². The monoisotopic (exact) mass is 377 g/mol. The maximum absolute atomic E-state index is 12.9. The first-order chi connectivity index (χ1) is 13.4. The van der Waals surface area contributed by atoms with Crippen LogP contribution >= 0.6 is 0 Å². The van der Waals surface area contributed by atoms with Crippen molar-refractivity contribution in [3.8, 4) is 0 Å². The quantitative estimate of drug-likeness (QED) is 0.807. The summed E-state index contributed by atoms with van der Waals surface area (Å²) in [6.45, 7) is 1.45. The van der Waals surface area contributed by atoms with Gasteiger partial charge in [-0.05, 0) is 68.1 Å². The molecule has 1 aliphatic carbocycles. The second-order valence-corrected chi connectivity index (χ2v) is 8.36. The van der Waals surface area contributed by atoms with Gasteiger partial charge in [0.05, 0.1) is 0 Å². The highest BCUT2D eigenvalue weighted by Gasteiger charge is 2.44. The van der Waals surface area contributed by atoms with Gasteiger partial charge in [0.1, 0.15) is 6.04 Å². The fraction of sp³-hybridized carbons (Fsp3) is 0.391.